The lowest BCUT2D eigenvalue weighted by Crippen LogP contribution is -2.13. The summed E-state index contributed by atoms with van der Waals surface area (Å²) >= 11 is 0. The van der Waals surface area contributed by atoms with E-state index >= 15 is 0 Å². The molecule has 0 radical (unpaired) electrons. The van der Waals surface area contributed by atoms with Crippen LogP contribution in [0.4, 0.5) is 0 Å². The highest BCUT2D eigenvalue weighted by molar-refractivity contribution is 6.10. The van der Waals surface area contributed by atoms with Gasteiger partial charge in [0.25, 0.3) is 0 Å². The molecule has 0 spiro atoms. The zero-order chi connectivity index (χ0) is 38.2. The van der Waals surface area contributed by atoms with Crippen LogP contribution in [-0.4, -0.2) is 15.0 Å². The molecule has 2 aliphatic carbocycles. The molecule has 0 bridgehead atoms. The molecule has 0 fully saturated rings. The number of nitrogens with zero attached hydrogens (tertiary/aromatic N) is 3. The third-order valence-electron chi connectivity index (χ3n) is 12.3. The summed E-state index contributed by atoms with van der Waals surface area (Å²) in [6, 6.07) is 58.6. The Morgan fingerprint density at radius 2 is 1.12 bits per heavy atom. The maximum Gasteiger partial charge on any atom is 0.143 e. The van der Waals surface area contributed by atoms with Gasteiger partial charge < -0.3 is 4.42 Å². The zero-order valence-corrected chi connectivity index (χ0v) is 31.5. The lowest BCUT2D eigenvalue weighted by atomic mass is 9.75. The summed E-state index contributed by atoms with van der Waals surface area (Å²) in [6.45, 7) is 0. The van der Waals surface area contributed by atoms with Crippen LogP contribution >= 0.6 is 0 Å². The van der Waals surface area contributed by atoms with Gasteiger partial charge in [0, 0.05) is 75.2 Å². The van der Waals surface area contributed by atoms with E-state index in [1.165, 1.54) is 55.6 Å². The predicted molar refractivity (Wildman–Crippen MR) is 234 cm³/mol. The van der Waals surface area contributed by atoms with E-state index in [2.05, 4.69) is 168 Å². The van der Waals surface area contributed by atoms with Gasteiger partial charge in [-0.25, -0.2) is 4.98 Å². The number of hydrogen-bond acceptors (Lipinski definition) is 4. The van der Waals surface area contributed by atoms with Gasteiger partial charge in [0.1, 0.15) is 11.2 Å². The van der Waals surface area contributed by atoms with E-state index in [9.17, 15) is 0 Å². The van der Waals surface area contributed by atoms with E-state index in [1.807, 2.05) is 30.7 Å². The Labute approximate surface area is 336 Å². The maximum atomic E-state index is 6.81. The molecule has 6 aromatic carbocycles. The van der Waals surface area contributed by atoms with Crippen LogP contribution in [0.25, 0.3) is 77.8 Å². The molecule has 58 heavy (non-hydrogen) atoms. The number of para-hydroxylation sites is 1. The average molecular weight is 742 g/mol. The summed E-state index contributed by atoms with van der Waals surface area (Å²) < 4.78 is 6.81. The Morgan fingerprint density at radius 3 is 1.84 bits per heavy atom. The third kappa shape index (κ3) is 5.19. The van der Waals surface area contributed by atoms with E-state index in [0.29, 0.717) is 0 Å². The molecule has 272 valence electrons. The minimum atomic E-state index is 0.0462. The molecule has 4 heteroatoms. The molecule has 4 heterocycles. The quantitative estimate of drug-likeness (QED) is 0.176. The molecular formula is C54H35N3O. The number of fused-ring (bicyclic) bond motifs is 9. The van der Waals surface area contributed by atoms with E-state index in [1.54, 1.807) is 0 Å². The molecule has 0 amide bonds. The fourth-order valence-electron chi connectivity index (χ4n) is 9.63. The molecule has 0 N–H and O–H groups in total. The second-order valence-electron chi connectivity index (χ2n) is 15.5. The highest BCUT2D eigenvalue weighted by Crippen LogP contribution is 2.53. The fraction of sp³-hybridized carbons (Fsp3) is 0.0556. The first kappa shape index (κ1) is 32.8. The summed E-state index contributed by atoms with van der Waals surface area (Å²) in [5.74, 6) is 0.323. The van der Waals surface area contributed by atoms with Crippen molar-refractivity contribution >= 4 is 21.9 Å². The third-order valence-corrected chi connectivity index (χ3v) is 12.3. The van der Waals surface area contributed by atoms with E-state index in [0.717, 1.165) is 62.0 Å². The molecule has 2 atom stereocenters. The van der Waals surface area contributed by atoms with E-state index in [-0.39, 0.29) is 11.8 Å². The maximum absolute atomic E-state index is 6.81. The number of furan rings is 1. The van der Waals surface area contributed by atoms with Gasteiger partial charge in [-0.05, 0) is 99.0 Å². The van der Waals surface area contributed by atoms with E-state index in [4.69, 9.17) is 9.40 Å². The Hall–Kier alpha value is -7.43. The normalized spacial score (nSPS) is 15.2. The number of rotatable bonds is 5. The molecule has 12 rings (SSSR count). The van der Waals surface area contributed by atoms with Crippen molar-refractivity contribution in [2.75, 3.05) is 0 Å². The van der Waals surface area contributed by atoms with Gasteiger partial charge in [-0.2, -0.15) is 0 Å². The number of hydrogen-bond donors (Lipinski definition) is 0. The predicted octanol–water partition coefficient (Wildman–Crippen LogP) is 13.3. The summed E-state index contributed by atoms with van der Waals surface area (Å²) in [5.41, 5.74) is 20.7. The molecule has 2 aliphatic rings. The van der Waals surface area contributed by atoms with Gasteiger partial charge in [0.05, 0.1) is 11.4 Å². The zero-order valence-electron chi connectivity index (χ0n) is 31.5. The van der Waals surface area contributed by atoms with Crippen molar-refractivity contribution in [1.29, 1.82) is 0 Å². The Morgan fingerprint density at radius 1 is 0.448 bits per heavy atom. The van der Waals surface area contributed by atoms with Crippen molar-refractivity contribution in [2.24, 2.45) is 0 Å². The smallest absolute Gasteiger partial charge is 0.143 e. The summed E-state index contributed by atoms with van der Waals surface area (Å²) in [4.78, 5) is 14.4. The van der Waals surface area contributed by atoms with Gasteiger partial charge >= 0.3 is 0 Å². The van der Waals surface area contributed by atoms with Crippen LogP contribution in [0.1, 0.15) is 45.2 Å². The highest BCUT2D eigenvalue weighted by atomic mass is 16.3. The summed E-state index contributed by atoms with van der Waals surface area (Å²) in [6.07, 6.45) is 8.92. The lowest BCUT2D eigenvalue weighted by molar-refractivity contribution is 0.670. The van der Waals surface area contributed by atoms with Crippen molar-refractivity contribution in [1.82, 2.24) is 15.0 Å². The molecule has 0 aliphatic heterocycles. The number of aromatic nitrogens is 3. The Balaban J connectivity index is 1.00. The standard InChI is InChI=1S/C54H35N3O/c1-4-11-33(12-5-1)43-26-37-27-45-47(30-44(37)48-31-55-23-21-40(43)48)53(41-22-24-56-32-49(41)45)36-19-20-52-46(25-36)42-18-10-17-39(54(42)58-52)38-28-50(34-13-6-2-7-14-34)57-51(29-38)35-15-8-3-9-16-35/h1-25,27-32,43,53H,26H2. The van der Waals surface area contributed by atoms with Gasteiger partial charge in [-0.1, -0.05) is 121 Å². The monoisotopic (exact) mass is 741 g/mol. The molecular weight excluding hydrogens is 707 g/mol. The van der Waals surface area contributed by atoms with Crippen LogP contribution in [0.2, 0.25) is 0 Å². The average Bonchev–Trinajstić information content (AvgIpc) is 3.83. The van der Waals surface area contributed by atoms with Crippen molar-refractivity contribution in [3.8, 4) is 55.9 Å². The topological polar surface area (TPSA) is 51.8 Å². The van der Waals surface area contributed by atoms with Crippen LogP contribution in [-0.2, 0) is 6.42 Å². The minimum absolute atomic E-state index is 0.0462. The van der Waals surface area contributed by atoms with E-state index < -0.39 is 0 Å². The van der Waals surface area contributed by atoms with Crippen molar-refractivity contribution in [3.05, 3.63) is 222 Å². The van der Waals surface area contributed by atoms with Crippen LogP contribution in [0.3, 0.4) is 0 Å². The largest absolute Gasteiger partial charge is 0.455 e. The van der Waals surface area contributed by atoms with Gasteiger partial charge in [0.15, 0.2) is 0 Å². The van der Waals surface area contributed by atoms with Crippen LogP contribution in [0.5, 0.6) is 0 Å². The van der Waals surface area contributed by atoms with Crippen LogP contribution in [0, 0.1) is 0 Å². The first-order valence-electron chi connectivity index (χ1n) is 19.9. The lowest BCUT2D eigenvalue weighted by Gasteiger charge is -2.29. The summed E-state index contributed by atoms with van der Waals surface area (Å²) in [5, 5.41) is 2.21. The highest BCUT2D eigenvalue weighted by Gasteiger charge is 2.34. The van der Waals surface area contributed by atoms with Gasteiger partial charge in [-0.3, -0.25) is 9.97 Å². The first-order chi connectivity index (χ1) is 28.7. The first-order valence-corrected chi connectivity index (χ1v) is 19.9. The molecule has 0 saturated heterocycles. The fourth-order valence-corrected chi connectivity index (χ4v) is 9.63. The number of pyridine rings is 3. The van der Waals surface area contributed by atoms with Gasteiger partial charge in [0.2, 0.25) is 0 Å². The van der Waals surface area contributed by atoms with Gasteiger partial charge in [-0.15, -0.1) is 0 Å². The Kier molecular flexibility index (Phi) is 7.39. The van der Waals surface area contributed by atoms with Crippen molar-refractivity contribution in [2.45, 2.75) is 18.3 Å². The minimum Gasteiger partial charge on any atom is -0.455 e. The van der Waals surface area contributed by atoms with Crippen LogP contribution < -0.4 is 0 Å². The molecule has 2 unspecified atom stereocenters. The van der Waals surface area contributed by atoms with Crippen molar-refractivity contribution < 1.29 is 4.42 Å². The molecule has 10 aromatic rings. The Bertz CT molecular complexity index is 3150. The molecule has 4 nitrogen and oxygen atoms in total. The van der Waals surface area contributed by atoms with Crippen molar-refractivity contribution in [3.63, 3.8) is 0 Å². The number of benzene rings is 6. The van der Waals surface area contributed by atoms with Crippen LogP contribution in [0.15, 0.2) is 193 Å². The molecule has 4 aromatic heterocycles. The second kappa shape index (κ2) is 13.1. The molecule has 0 saturated carbocycles. The second-order valence-corrected chi connectivity index (χ2v) is 15.5. The SMILES string of the molecule is c1ccc(-c2cc(-c3cccc4c3oc3ccc(C5c6ccncc6-c6cc7c(cc65)-c5cnccc5C(c5ccccc5)C7)cc34)cc(-c3ccccc3)n2)cc1. The summed E-state index contributed by atoms with van der Waals surface area (Å²) in [7, 11) is 0.